The molecule has 2 unspecified atom stereocenters. The van der Waals surface area contributed by atoms with Gasteiger partial charge in [0.05, 0.1) is 12.2 Å². The lowest BCUT2D eigenvalue weighted by molar-refractivity contribution is -0.152. The number of ether oxygens (including phenoxy) is 3. The Morgan fingerprint density at radius 1 is 0.569 bits per heavy atom. The summed E-state index contributed by atoms with van der Waals surface area (Å²) in [5, 5.41) is 10.0. The fourth-order valence-electron chi connectivity index (χ4n) is 6.31. The molecule has 6 nitrogen and oxygen atoms in total. The van der Waals surface area contributed by atoms with Crippen LogP contribution in [0.4, 0.5) is 0 Å². The maximum absolute atomic E-state index is 12.0. The molecule has 0 spiro atoms. The lowest BCUT2D eigenvalue weighted by Crippen LogP contribution is -2.25. The van der Waals surface area contributed by atoms with Crippen LogP contribution < -0.4 is 0 Å². The van der Waals surface area contributed by atoms with E-state index in [1.54, 1.807) is 0 Å². The molecular weight excluding hydrogens is 636 g/mol. The van der Waals surface area contributed by atoms with Crippen molar-refractivity contribution in [3.63, 3.8) is 0 Å². The molecule has 3 atom stereocenters. The van der Waals surface area contributed by atoms with E-state index in [4.69, 9.17) is 14.2 Å². The molecule has 0 aromatic heterocycles. The van der Waals surface area contributed by atoms with Crippen molar-refractivity contribution in [2.24, 2.45) is 5.92 Å². The zero-order valence-electron chi connectivity index (χ0n) is 33.5. The van der Waals surface area contributed by atoms with Crippen LogP contribution in [0.1, 0.15) is 201 Å². The van der Waals surface area contributed by atoms with Gasteiger partial charge in [0.2, 0.25) is 0 Å². The minimum absolute atomic E-state index is 0.135. The number of rotatable bonds is 37. The highest BCUT2D eigenvalue weighted by Crippen LogP contribution is 2.29. The lowest BCUT2D eigenvalue weighted by Gasteiger charge is -2.12. The van der Waals surface area contributed by atoms with Gasteiger partial charge in [0.25, 0.3) is 0 Å². The van der Waals surface area contributed by atoms with Gasteiger partial charge in [-0.25, -0.2) is 0 Å². The Morgan fingerprint density at radius 2 is 1.00 bits per heavy atom. The van der Waals surface area contributed by atoms with Gasteiger partial charge >= 0.3 is 11.9 Å². The SMILES string of the molecule is CCCCC/C=C\C/C=C\CC1OC1C/C=C\CCCC(=O)OC[C@H](O)COC(=O)CCCCCCCCCCCCCCCCCCC(C)C. The number of aliphatic hydroxyl groups excluding tert-OH is 1. The first-order chi connectivity index (χ1) is 24.9. The Bertz CT molecular complexity index is 893. The van der Waals surface area contributed by atoms with Gasteiger partial charge in [0, 0.05) is 12.8 Å². The number of epoxide rings is 1. The molecule has 0 aliphatic carbocycles. The van der Waals surface area contributed by atoms with E-state index in [-0.39, 0.29) is 25.2 Å². The summed E-state index contributed by atoms with van der Waals surface area (Å²) < 4.78 is 16.1. The quantitative estimate of drug-likeness (QED) is 0.0298. The van der Waals surface area contributed by atoms with Crippen molar-refractivity contribution in [2.75, 3.05) is 13.2 Å². The predicted molar refractivity (Wildman–Crippen MR) is 214 cm³/mol. The first-order valence-corrected chi connectivity index (χ1v) is 21.5. The van der Waals surface area contributed by atoms with Crippen LogP contribution in [0.5, 0.6) is 0 Å². The number of allylic oxidation sites excluding steroid dienone is 4. The molecule has 0 aromatic carbocycles. The minimum Gasteiger partial charge on any atom is -0.463 e. The van der Waals surface area contributed by atoms with E-state index in [0.29, 0.717) is 31.5 Å². The van der Waals surface area contributed by atoms with E-state index in [0.717, 1.165) is 50.9 Å². The monoisotopic (exact) mass is 717 g/mol. The Hall–Kier alpha value is -1.92. The molecular formula is C45H80O6. The van der Waals surface area contributed by atoms with Gasteiger partial charge in [-0.1, -0.05) is 173 Å². The number of carbonyl (C=O) groups is 2. The summed E-state index contributed by atoms with van der Waals surface area (Å²) in [4.78, 5) is 24.0. The first-order valence-electron chi connectivity index (χ1n) is 21.5. The molecule has 0 radical (unpaired) electrons. The van der Waals surface area contributed by atoms with Crippen molar-refractivity contribution in [3.05, 3.63) is 36.5 Å². The van der Waals surface area contributed by atoms with Gasteiger partial charge in [-0.3, -0.25) is 9.59 Å². The van der Waals surface area contributed by atoms with Crippen LogP contribution in [0.3, 0.4) is 0 Å². The standard InChI is InChI=1S/C45H80O6/c1-4-5-6-7-8-17-21-24-29-34-42-43(51-42)35-30-26-27-32-37-45(48)50-39-41(46)38-49-44(47)36-31-25-22-19-16-14-12-10-9-11-13-15-18-20-23-28-33-40(2)3/h8,17,24,26,29-30,40-43,46H,4-7,9-16,18-23,25,27-28,31-39H2,1-3H3/b17-8-,29-24-,30-26-/t41-,42?,43?/m1/s1. The zero-order chi connectivity index (χ0) is 37.0. The fourth-order valence-corrected chi connectivity index (χ4v) is 6.31. The smallest absolute Gasteiger partial charge is 0.305 e. The lowest BCUT2D eigenvalue weighted by atomic mass is 10.0. The van der Waals surface area contributed by atoms with Gasteiger partial charge < -0.3 is 19.3 Å². The Morgan fingerprint density at radius 3 is 1.53 bits per heavy atom. The van der Waals surface area contributed by atoms with E-state index in [1.807, 2.05) is 0 Å². The summed E-state index contributed by atoms with van der Waals surface area (Å²) in [5.74, 6) is 0.225. The zero-order valence-corrected chi connectivity index (χ0v) is 33.5. The maximum atomic E-state index is 12.0. The molecule has 1 aliphatic rings. The van der Waals surface area contributed by atoms with Crippen LogP contribution in [0.25, 0.3) is 0 Å². The fraction of sp³-hybridized carbons (Fsp3) is 0.822. The number of carbonyl (C=O) groups excluding carboxylic acids is 2. The van der Waals surface area contributed by atoms with Crippen LogP contribution in [-0.4, -0.2) is 48.6 Å². The summed E-state index contributed by atoms with van der Waals surface area (Å²) in [5.41, 5.74) is 0. The second kappa shape index (κ2) is 35.1. The molecule has 51 heavy (non-hydrogen) atoms. The molecule has 0 aromatic rings. The molecule has 1 heterocycles. The van der Waals surface area contributed by atoms with E-state index < -0.39 is 6.10 Å². The van der Waals surface area contributed by atoms with Crippen LogP contribution in [0, 0.1) is 5.92 Å². The molecule has 0 bridgehead atoms. The van der Waals surface area contributed by atoms with E-state index >= 15 is 0 Å². The Kier molecular flexibility index (Phi) is 32.4. The van der Waals surface area contributed by atoms with Crippen molar-refractivity contribution in [3.8, 4) is 0 Å². The highest BCUT2D eigenvalue weighted by molar-refractivity contribution is 5.69. The topological polar surface area (TPSA) is 85.4 Å². The molecule has 0 saturated carbocycles. The summed E-state index contributed by atoms with van der Waals surface area (Å²) in [6.07, 6.45) is 45.2. The van der Waals surface area contributed by atoms with Gasteiger partial charge in [-0.15, -0.1) is 0 Å². The van der Waals surface area contributed by atoms with Crippen molar-refractivity contribution in [2.45, 2.75) is 219 Å². The van der Waals surface area contributed by atoms with E-state index in [9.17, 15) is 14.7 Å². The van der Waals surface area contributed by atoms with Crippen molar-refractivity contribution in [1.82, 2.24) is 0 Å². The van der Waals surface area contributed by atoms with Gasteiger partial charge in [-0.05, 0) is 57.3 Å². The molecule has 6 heteroatoms. The van der Waals surface area contributed by atoms with Gasteiger partial charge in [0.15, 0.2) is 0 Å². The Balaban J connectivity index is 1.84. The average molecular weight is 717 g/mol. The van der Waals surface area contributed by atoms with Gasteiger partial charge in [-0.2, -0.15) is 0 Å². The Labute approximate surface area is 314 Å². The normalized spacial score (nSPS) is 16.6. The van der Waals surface area contributed by atoms with Crippen LogP contribution in [0.15, 0.2) is 36.5 Å². The molecule has 296 valence electrons. The third-order valence-corrected chi connectivity index (χ3v) is 9.71. The van der Waals surface area contributed by atoms with Gasteiger partial charge in [0.1, 0.15) is 19.3 Å². The molecule has 1 rings (SSSR count). The van der Waals surface area contributed by atoms with Crippen molar-refractivity contribution < 1.29 is 28.9 Å². The summed E-state index contributed by atoms with van der Waals surface area (Å²) in [6.45, 7) is 6.59. The largest absolute Gasteiger partial charge is 0.463 e. The third-order valence-electron chi connectivity index (χ3n) is 9.71. The van der Waals surface area contributed by atoms with Crippen molar-refractivity contribution in [1.29, 1.82) is 0 Å². The first kappa shape index (κ1) is 47.1. The number of aliphatic hydroxyl groups is 1. The maximum Gasteiger partial charge on any atom is 0.305 e. The third kappa shape index (κ3) is 33.7. The van der Waals surface area contributed by atoms with Crippen LogP contribution in [-0.2, 0) is 23.8 Å². The second-order valence-electron chi connectivity index (χ2n) is 15.3. The number of hydrogen-bond acceptors (Lipinski definition) is 6. The highest BCUT2D eigenvalue weighted by atomic mass is 16.6. The minimum atomic E-state index is -0.990. The summed E-state index contributed by atoms with van der Waals surface area (Å²) in [7, 11) is 0. The predicted octanol–water partition coefficient (Wildman–Crippen LogP) is 12.5. The molecule has 0 amide bonds. The number of esters is 2. The number of hydrogen-bond donors (Lipinski definition) is 1. The average Bonchev–Trinajstić information content (AvgIpc) is 3.87. The second-order valence-corrected chi connectivity index (χ2v) is 15.3. The summed E-state index contributed by atoms with van der Waals surface area (Å²) >= 11 is 0. The molecule has 1 aliphatic heterocycles. The molecule has 1 N–H and O–H groups in total. The van der Waals surface area contributed by atoms with E-state index in [2.05, 4.69) is 57.2 Å². The van der Waals surface area contributed by atoms with Crippen LogP contribution in [0.2, 0.25) is 0 Å². The van der Waals surface area contributed by atoms with E-state index in [1.165, 1.54) is 116 Å². The number of unbranched alkanes of at least 4 members (excludes halogenated alkanes) is 19. The van der Waals surface area contributed by atoms with Crippen LogP contribution >= 0.6 is 0 Å². The highest BCUT2D eigenvalue weighted by Gasteiger charge is 2.35. The molecule has 1 saturated heterocycles. The van der Waals surface area contributed by atoms with Crippen molar-refractivity contribution >= 4 is 11.9 Å². The summed E-state index contributed by atoms with van der Waals surface area (Å²) in [6, 6.07) is 0. The molecule has 1 fully saturated rings.